The lowest BCUT2D eigenvalue weighted by Crippen LogP contribution is -2.58. The summed E-state index contributed by atoms with van der Waals surface area (Å²) in [7, 11) is 1.40. The third-order valence-corrected chi connectivity index (χ3v) is 8.78. The number of benzene rings is 2. The number of carbonyl (C=O) groups is 2. The Morgan fingerprint density at radius 2 is 1.85 bits per heavy atom. The largest absolute Gasteiger partial charge is 0.469 e. The van der Waals surface area contributed by atoms with E-state index in [0.717, 1.165) is 49.3 Å². The Labute approximate surface area is 194 Å². The predicted octanol–water partition coefficient (Wildman–Crippen LogP) is 3.26. The summed E-state index contributed by atoms with van der Waals surface area (Å²) in [5.41, 5.74) is 2.32. The van der Waals surface area contributed by atoms with Crippen LogP contribution in [0.25, 0.3) is 0 Å². The standard InChI is InChI=1S/C27H30N2O4/c1-33-25(31)24-19-15-23-27(13-14-28(23)16-17(19)11-12-22(24)30)20-9-5-6-10-21(20)29(26(27)32)18-7-3-2-4-8-18/h2-10,17,19,22-24,30H,11-16H2,1H3/t17-,19-,22-,23-,24+,27-/m0/s1. The molecule has 0 aromatic heterocycles. The lowest BCUT2D eigenvalue weighted by molar-refractivity contribution is -0.159. The number of hydrogen-bond donors (Lipinski definition) is 1. The molecule has 0 unspecified atom stereocenters. The number of methoxy groups -OCH3 is 1. The Bertz CT molecular complexity index is 1090. The number of esters is 1. The molecule has 172 valence electrons. The fraction of sp³-hybridized carbons (Fsp3) is 0.481. The summed E-state index contributed by atoms with van der Waals surface area (Å²) >= 11 is 0. The van der Waals surface area contributed by atoms with Gasteiger partial charge in [-0.1, -0.05) is 36.4 Å². The molecule has 0 radical (unpaired) electrons. The molecule has 4 aliphatic rings. The Balaban J connectivity index is 1.43. The Morgan fingerprint density at radius 1 is 1.09 bits per heavy atom. The summed E-state index contributed by atoms with van der Waals surface area (Å²) in [5, 5.41) is 10.7. The van der Waals surface area contributed by atoms with E-state index in [1.54, 1.807) is 0 Å². The summed E-state index contributed by atoms with van der Waals surface area (Å²) in [6, 6.07) is 18.1. The number of fused-ring (bicyclic) bond motifs is 5. The second-order valence-corrected chi connectivity index (χ2v) is 10.1. The Morgan fingerprint density at radius 3 is 2.64 bits per heavy atom. The lowest BCUT2D eigenvalue weighted by Gasteiger charge is -2.50. The number of hydrogen-bond acceptors (Lipinski definition) is 5. The van der Waals surface area contributed by atoms with Gasteiger partial charge in [0.05, 0.1) is 30.2 Å². The van der Waals surface area contributed by atoms with Crippen LogP contribution >= 0.6 is 0 Å². The molecule has 3 aliphatic heterocycles. The average molecular weight is 447 g/mol. The summed E-state index contributed by atoms with van der Waals surface area (Å²) in [4.78, 5) is 31.3. The van der Waals surface area contributed by atoms with Crippen LogP contribution in [0.4, 0.5) is 11.4 Å². The van der Waals surface area contributed by atoms with E-state index in [4.69, 9.17) is 4.74 Å². The van der Waals surface area contributed by atoms with Crippen molar-refractivity contribution in [3.63, 3.8) is 0 Å². The van der Waals surface area contributed by atoms with Gasteiger partial charge in [-0.15, -0.1) is 0 Å². The van der Waals surface area contributed by atoms with Gasteiger partial charge in [0, 0.05) is 18.3 Å². The molecule has 3 heterocycles. The zero-order valence-corrected chi connectivity index (χ0v) is 18.9. The first kappa shape index (κ1) is 20.9. The molecular weight excluding hydrogens is 416 g/mol. The van der Waals surface area contributed by atoms with Gasteiger partial charge >= 0.3 is 5.97 Å². The number of piperidine rings is 1. The summed E-state index contributed by atoms with van der Waals surface area (Å²) < 4.78 is 5.10. The van der Waals surface area contributed by atoms with E-state index < -0.39 is 17.4 Å². The maximum atomic E-state index is 14.3. The fourth-order valence-electron chi connectivity index (χ4n) is 7.34. The molecular formula is C27H30N2O4. The first-order valence-electron chi connectivity index (χ1n) is 12.1. The summed E-state index contributed by atoms with van der Waals surface area (Å²) in [6.07, 6.45) is 2.38. The van der Waals surface area contributed by atoms with Crippen molar-refractivity contribution in [3.05, 3.63) is 60.2 Å². The predicted molar refractivity (Wildman–Crippen MR) is 124 cm³/mol. The maximum Gasteiger partial charge on any atom is 0.311 e. The second kappa shape index (κ2) is 7.67. The highest BCUT2D eigenvalue weighted by Gasteiger charge is 2.63. The number of ether oxygens (including phenoxy) is 1. The zero-order chi connectivity index (χ0) is 22.7. The van der Waals surface area contributed by atoms with Crippen LogP contribution in [0.1, 0.15) is 31.2 Å². The van der Waals surface area contributed by atoms with Gasteiger partial charge in [0.1, 0.15) is 0 Å². The Hall–Kier alpha value is -2.70. The third-order valence-electron chi connectivity index (χ3n) is 8.78. The molecule has 6 heteroatoms. The minimum Gasteiger partial charge on any atom is -0.469 e. The first-order chi connectivity index (χ1) is 16.1. The molecule has 2 aromatic carbocycles. The van der Waals surface area contributed by atoms with Crippen LogP contribution in [-0.2, 0) is 19.7 Å². The first-order valence-corrected chi connectivity index (χ1v) is 12.1. The molecule has 3 fully saturated rings. The van der Waals surface area contributed by atoms with Gasteiger partial charge in [-0.25, -0.2) is 0 Å². The van der Waals surface area contributed by atoms with Crippen molar-refractivity contribution >= 4 is 23.3 Å². The van der Waals surface area contributed by atoms with Gasteiger partial charge < -0.3 is 9.84 Å². The van der Waals surface area contributed by atoms with Gasteiger partial charge in [0.25, 0.3) is 0 Å². The van der Waals surface area contributed by atoms with Crippen molar-refractivity contribution < 1.29 is 19.4 Å². The second-order valence-electron chi connectivity index (χ2n) is 10.1. The van der Waals surface area contributed by atoms with Crippen LogP contribution in [0, 0.1) is 17.8 Å². The SMILES string of the molecule is COC(=O)[C@@H]1[C@H]2C[C@@H]3N(CC[C@@]34C(=O)N(c3ccccc3)c3ccccc34)C[C@@H]2CC[C@@H]1O. The maximum absolute atomic E-state index is 14.3. The topological polar surface area (TPSA) is 70.1 Å². The van der Waals surface area contributed by atoms with E-state index in [1.165, 1.54) is 7.11 Å². The molecule has 0 bridgehead atoms. The van der Waals surface area contributed by atoms with Gasteiger partial charge in [-0.3, -0.25) is 19.4 Å². The van der Waals surface area contributed by atoms with Crippen molar-refractivity contribution in [2.45, 2.75) is 43.2 Å². The number of aliphatic hydroxyl groups is 1. The number of amides is 1. The Kier molecular flexibility index (Phi) is 4.85. The molecule has 6 atom stereocenters. The molecule has 1 saturated carbocycles. The molecule has 6 nitrogen and oxygen atoms in total. The number of rotatable bonds is 2. The minimum atomic E-state index is -0.671. The number of aliphatic hydroxyl groups excluding tert-OH is 1. The number of nitrogens with zero attached hydrogens (tertiary/aromatic N) is 2. The van der Waals surface area contributed by atoms with Gasteiger partial charge in [0.15, 0.2) is 0 Å². The van der Waals surface area contributed by atoms with Gasteiger partial charge in [0.2, 0.25) is 5.91 Å². The van der Waals surface area contributed by atoms with E-state index in [0.29, 0.717) is 12.3 Å². The van der Waals surface area contributed by atoms with Crippen LogP contribution in [0.3, 0.4) is 0 Å². The zero-order valence-electron chi connectivity index (χ0n) is 18.9. The van der Waals surface area contributed by atoms with Crippen LogP contribution in [0.15, 0.2) is 54.6 Å². The van der Waals surface area contributed by atoms with Crippen molar-refractivity contribution in [1.29, 1.82) is 0 Å². The van der Waals surface area contributed by atoms with Crippen molar-refractivity contribution in [1.82, 2.24) is 4.90 Å². The van der Waals surface area contributed by atoms with E-state index in [2.05, 4.69) is 11.0 Å². The van der Waals surface area contributed by atoms with Crippen LogP contribution in [0.5, 0.6) is 0 Å². The lowest BCUT2D eigenvalue weighted by atomic mass is 9.62. The van der Waals surface area contributed by atoms with E-state index in [9.17, 15) is 14.7 Å². The molecule has 33 heavy (non-hydrogen) atoms. The summed E-state index contributed by atoms with van der Waals surface area (Å²) in [6.45, 7) is 1.75. The minimum absolute atomic E-state index is 0.0126. The summed E-state index contributed by atoms with van der Waals surface area (Å²) in [5.74, 6) is -0.317. The highest BCUT2D eigenvalue weighted by atomic mass is 16.5. The molecule has 2 aromatic rings. The van der Waals surface area contributed by atoms with E-state index in [1.807, 2.05) is 53.4 Å². The fourth-order valence-corrected chi connectivity index (χ4v) is 7.34. The monoisotopic (exact) mass is 446 g/mol. The molecule has 2 saturated heterocycles. The molecule has 1 aliphatic carbocycles. The van der Waals surface area contributed by atoms with Crippen LogP contribution in [0.2, 0.25) is 0 Å². The number of carbonyl (C=O) groups excluding carboxylic acids is 2. The average Bonchev–Trinajstić information content (AvgIpc) is 3.34. The van der Waals surface area contributed by atoms with Crippen molar-refractivity contribution in [3.8, 4) is 0 Å². The van der Waals surface area contributed by atoms with Gasteiger partial charge in [-0.2, -0.15) is 0 Å². The molecule has 6 rings (SSSR count). The number of para-hydroxylation sites is 2. The molecule has 1 amide bonds. The smallest absolute Gasteiger partial charge is 0.311 e. The van der Waals surface area contributed by atoms with Crippen LogP contribution in [-0.4, -0.2) is 54.2 Å². The highest BCUT2D eigenvalue weighted by Crippen LogP contribution is 2.57. The van der Waals surface area contributed by atoms with E-state index in [-0.39, 0.29) is 23.8 Å². The van der Waals surface area contributed by atoms with Crippen molar-refractivity contribution in [2.75, 3.05) is 25.1 Å². The van der Waals surface area contributed by atoms with Crippen molar-refractivity contribution in [2.24, 2.45) is 17.8 Å². The molecule has 1 spiro atoms. The van der Waals surface area contributed by atoms with Gasteiger partial charge in [-0.05, 0) is 67.8 Å². The number of anilines is 2. The quantitative estimate of drug-likeness (QED) is 0.717. The normalized spacial score (nSPS) is 35.3. The molecule has 1 N–H and O–H groups in total. The van der Waals surface area contributed by atoms with Crippen LogP contribution < -0.4 is 4.90 Å². The highest BCUT2D eigenvalue weighted by molar-refractivity contribution is 6.13. The van der Waals surface area contributed by atoms with E-state index >= 15 is 0 Å². The third kappa shape index (κ3) is 2.87.